The Morgan fingerprint density at radius 1 is 1.50 bits per heavy atom. The van der Waals surface area contributed by atoms with Crippen molar-refractivity contribution in [2.24, 2.45) is 0 Å². The molecule has 1 aliphatic rings. The number of aliphatic hydroxyl groups is 1. The predicted molar refractivity (Wildman–Crippen MR) is 72.7 cm³/mol. The van der Waals surface area contributed by atoms with E-state index in [4.69, 9.17) is 0 Å². The number of hydrogen-bond acceptors (Lipinski definition) is 5. The lowest BCUT2D eigenvalue weighted by molar-refractivity contribution is -0.0420. The van der Waals surface area contributed by atoms with Crippen LogP contribution < -0.4 is 0 Å². The third-order valence-corrected chi connectivity index (χ3v) is 3.93. The molecule has 0 spiro atoms. The molecule has 0 bridgehead atoms. The second-order valence-corrected chi connectivity index (χ2v) is 5.34. The van der Waals surface area contributed by atoms with Gasteiger partial charge >= 0.3 is 0 Å². The summed E-state index contributed by atoms with van der Waals surface area (Å²) in [5, 5.41) is 25.5. The summed E-state index contributed by atoms with van der Waals surface area (Å²) in [7, 11) is 0. The first kappa shape index (κ1) is 13.3. The molecule has 1 atom stereocenters. The van der Waals surface area contributed by atoms with Crippen molar-refractivity contribution in [2.45, 2.75) is 38.5 Å². The first-order valence-electron chi connectivity index (χ1n) is 7.03. The lowest BCUT2D eigenvalue weighted by atomic mass is 9.90. The molecule has 7 heteroatoms. The first-order chi connectivity index (χ1) is 9.71. The van der Waals surface area contributed by atoms with Gasteiger partial charge in [0.15, 0.2) is 0 Å². The van der Waals surface area contributed by atoms with E-state index in [1.165, 1.54) is 5.69 Å². The molecule has 7 nitrogen and oxygen atoms in total. The van der Waals surface area contributed by atoms with Gasteiger partial charge in [0.05, 0.1) is 11.9 Å². The van der Waals surface area contributed by atoms with Crippen molar-refractivity contribution in [3.63, 3.8) is 0 Å². The van der Waals surface area contributed by atoms with Crippen molar-refractivity contribution in [3.05, 3.63) is 29.8 Å². The molecule has 1 aliphatic heterocycles. The fourth-order valence-electron chi connectivity index (χ4n) is 2.90. The van der Waals surface area contributed by atoms with Crippen LogP contribution in [-0.2, 0) is 18.7 Å². The number of aromatic nitrogens is 5. The third-order valence-electron chi connectivity index (χ3n) is 3.93. The van der Waals surface area contributed by atoms with Crippen LogP contribution in [0.4, 0.5) is 0 Å². The summed E-state index contributed by atoms with van der Waals surface area (Å²) in [5.74, 6) is 0. The molecule has 0 aliphatic carbocycles. The third kappa shape index (κ3) is 2.46. The van der Waals surface area contributed by atoms with Crippen LogP contribution in [0.25, 0.3) is 0 Å². The molecule has 0 saturated carbocycles. The Morgan fingerprint density at radius 3 is 3.15 bits per heavy atom. The Balaban J connectivity index is 1.72. The van der Waals surface area contributed by atoms with Crippen LogP contribution in [0, 0.1) is 0 Å². The molecule has 2 aromatic rings. The Kier molecular flexibility index (Phi) is 3.54. The highest BCUT2D eigenvalue weighted by molar-refractivity contribution is 5.09. The van der Waals surface area contributed by atoms with E-state index in [2.05, 4.69) is 32.3 Å². The number of β-amino-alcohol motifs (C(OH)–C–C–N with tert-alkyl or cyclic N) is 1. The number of aromatic amines is 1. The largest absolute Gasteiger partial charge is 0.382 e. The van der Waals surface area contributed by atoms with Gasteiger partial charge in [-0.3, -0.25) is 9.58 Å². The van der Waals surface area contributed by atoms with Gasteiger partial charge in [0, 0.05) is 25.8 Å². The SMILES string of the molecule is CCn1nccc1CN1CCCC(O)(c2cn[nH]n2)C1. The molecular weight excluding hydrogens is 256 g/mol. The average Bonchev–Trinajstić information content (AvgIpc) is 3.10. The Labute approximate surface area is 117 Å². The van der Waals surface area contributed by atoms with Gasteiger partial charge in [-0.1, -0.05) is 0 Å². The highest BCUT2D eigenvalue weighted by Crippen LogP contribution is 2.30. The van der Waals surface area contributed by atoms with Gasteiger partial charge in [-0.15, -0.1) is 0 Å². The van der Waals surface area contributed by atoms with E-state index in [0.29, 0.717) is 12.2 Å². The molecule has 0 amide bonds. The van der Waals surface area contributed by atoms with Gasteiger partial charge in [-0.2, -0.15) is 20.5 Å². The minimum absolute atomic E-state index is 0.578. The van der Waals surface area contributed by atoms with E-state index in [1.807, 2.05) is 16.9 Å². The number of rotatable bonds is 4. The molecule has 1 fully saturated rings. The smallest absolute Gasteiger partial charge is 0.123 e. The van der Waals surface area contributed by atoms with E-state index >= 15 is 0 Å². The van der Waals surface area contributed by atoms with Crippen LogP contribution in [0.1, 0.15) is 31.2 Å². The molecule has 1 saturated heterocycles. The minimum Gasteiger partial charge on any atom is -0.382 e. The standard InChI is InChI=1S/C13H20N6O/c1-2-19-11(4-6-15-19)9-18-7-3-5-13(20,10-18)12-8-14-17-16-12/h4,6,8,20H,2-3,5,7,9-10H2,1H3,(H,14,16,17). The fourth-order valence-corrected chi connectivity index (χ4v) is 2.90. The molecule has 3 rings (SSSR count). The van der Waals surface area contributed by atoms with Crippen LogP contribution in [0.5, 0.6) is 0 Å². The molecule has 0 aromatic carbocycles. The van der Waals surface area contributed by atoms with Crippen molar-refractivity contribution >= 4 is 0 Å². The summed E-state index contributed by atoms with van der Waals surface area (Å²) in [6.07, 6.45) is 5.11. The fraction of sp³-hybridized carbons (Fsp3) is 0.615. The zero-order valence-electron chi connectivity index (χ0n) is 11.7. The van der Waals surface area contributed by atoms with E-state index in [9.17, 15) is 5.11 Å². The summed E-state index contributed by atoms with van der Waals surface area (Å²) < 4.78 is 1.99. The number of piperidine rings is 1. The van der Waals surface area contributed by atoms with E-state index in [-0.39, 0.29) is 0 Å². The van der Waals surface area contributed by atoms with Crippen molar-refractivity contribution in [1.82, 2.24) is 30.1 Å². The summed E-state index contributed by atoms with van der Waals surface area (Å²) in [6, 6.07) is 2.03. The molecule has 108 valence electrons. The quantitative estimate of drug-likeness (QED) is 0.850. The zero-order valence-corrected chi connectivity index (χ0v) is 11.7. The van der Waals surface area contributed by atoms with Gasteiger partial charge in [0.1, 0.15) is 11.3 Å². The Morgan fingerprint density at radius 2 is 2.40 bits per heavy atom. The summed E-state index contributed by atoms with van der Waals surface area (Å²) in [4.78, 5) is 2.25. The second-order valence-electron chi connectivity index (χ2n) is 5.34. The van der Waals surface area contributed by atoms with Gasteiger partial charge < -0.3 is 5.11 Å². The molecule has 2 N–H and O–H groups in total. The topological polar surface area (TPSA) is 82.9 Å². The number of likely N-dealkylation sites (tertiary alicyclic amines) is 1. The van der Waals surface area contributed by atoms with Crippen LogP contribution in [-0.4, -0.2) is 48.3 Å². The predicted octanol–water partition coefficient (Wildman–Crippen LogP) is 0.505. The maximum absolute atomic E-state index is 10.8. The Bertz CT molecular complexity index is 551. The second kappa shape index (κ2) is 5.34. The molecule has 0 radical (unpaired) electrons. The number of hydrogen-bond donors (Lipinski definition) is 2. The van der Waals surface area contributed by atoms with Crippen LogP contribution >= 0.6 is 0 Å². The number of aryl methyl sites for hydroxylation is 1. The molecule has 3 heterocycles. The molecular formula is C13H20N6O. The highest BCUT2D eigenvalue weighted by atomic mass is 16.3. The maximum atomic E-state index is 10.8. The van der Waals surface area contributed by atoms with E-state index in [1.54, 1.807) is 6.20 Å². The summed E-state index contributed by atoms with van der Waals surface area (Å²) >= 11 is 0. The molecule has 1 unspecified atom stereocenters. The van der Waals surface area contributed by atoms with Crippen molar-refractivity contribution in [3.8, 4) is 0 Å². The minimum atomic E-state index is -0.900. The van der Waals surface area contributed by atoms with E-state index < -0.39 is 5.60 Å². The maximum Gasteiger partial charge on any atom is 0.123 e. The van der Waals surface area contributed by atoms with Crippen LogP contribution in [0.2, 0.25) is 0 Å². The zero-order chi connectivity index (χ0) is 14.0. The molecule has 2 aromatic heterocycles. The normalized spacial score (nSPS) is 24.1. The van der Waals surface area contributed by atoms with Crippen molar-refractivity contribution in [1.29, 1.82) is 0 Å². The van der Waals surface area contributed by atoms with Gasteiger partial charge in [0.25, 0.3) is 0 Å². The number of nitrogens with one attached hydrogen (secondary N) is 1. The van der Waals surface area contributed by atoms with Crippen LogP contribution in [0.15, 0.2) is 18.5 Å². The summed E-state index contributed by atoms with van der Waals surface area (Å²) in [6.45, 7) is 5.31. The van der Waals surface area contributed by atoms with E-state index in [0.717, 1.165) is 32.5 Å². The number of nitrogens with zero attached hydrogens (tertiary/aromatic N) is 5. The van der Waals surface area contributed by atoms with Crippen molar-refractivity contribution < 1.29 is 5.11 Å². The molecule has 20 heavy (non-hydrogen) atoms. The summed E-state index contributed by atoms with van der Waals surface area (Å²) in [5.41, 5.74) is 0.908. The van der Waals surface area contributed by atoms with Gasteiger partial charge in [0.2, 0.25) is 0 Å². The Hall–Kier alpha value is -1.73. The first-order valence-corrected chi connectivity index (χ1v) is 7.03. The van der Waals surface area contributed by atoms with Crippen molar-refractivity contribution in [2.75, 3.05) is 13.1 Å². The monoisotopic (exact) mass is 276 g/mol. The lowest BCUT2D eigenvalue weighted by Gasteiger charge is -2.37. The number of H-pyrrole nitrogens is 1. The van der Waals surface area contributed by atoms with Gasteiger partial charge in [-0.25, -0.2) is 0 Å². The highest BCUT2D eigenvalue weighted by Gasteiger charge is 2.37. The lowest BCUT2D eigenvalue weighted by Crippen LogP contribution is -2.46. The average molecular weight is 276 g/mol. The van der Waals surface area contributed by atoms with Gasteiger partial charge in [-0.05, 0) is 32.4 Å². The van der Waals surface area contributed by atoms with Crippen LogP contribution in [0.3, 0.4) is 0 Å².